The fourth-order valence-electron chi connectivity index (χ4n) is 7.73. The van der Waals surface area contributed by atoms with Gasteiger partial charge in [0.2, 0.25) is 0 Å². The molecule has 4 aromatic carbocycles. The predicted octanol–water partition coefficient (Wildman–Crippen LogP) is 10.1. The molecule has 4 aromatic rings. The number of carbonyl (C=O) groups is 2. The molecular formula is C41H40BrNO3. The molecule has 7 rings (SSSR count). The van der Waals surface area contributed by atoms with Gasteiger partial charge in [-0.2, -0.15) is 0 Å². The number of nitrogens with zero attached hydrogens (tertiary/aromatic N) is 1. The van der Waals surface area contributed by atoms with E-state index in [0.717, 1.165) is 56.7 Å². The molecule has 46 heavy (non-hydrogen) atoms. The Balaban J connectivity index is 1.31. The fraction of sp³-hybridized carbons (Fsp3) is 0.317. The van der Waals surface area contributed by atoms with Crippen molar-refractivity contribution >= 4 is 38.3 Å². The van der Waals surface area contributed by atoms with Crippen molar-refractivity contribution in [2.45, 2.75) is 72.4 Å². The SMILES string of the molecule is CC1(C)CC(=O)C2=C(C1)N(Cc1ccccc1)C1=C(C(=O)CC(C)(C)C1)C2c1ccc(OCc2cccc3ccccc23)c(Br)c1. The maximum atomic E-state index is 14.2. The summed E-state index contributed by atoms with van der Waals surface area (Å²) < 4.78 is 7.17. The van der Waals surface area contributed by atoms with Crippen molar-refractivity contribution in [2.24, 2.45) is 10.8 Å². The van der Waals surface area contributed by atoms with Crippen LogP contribution in [0.25, 0.3) is 10.8 Å². The molecule has 0 radical (unpaired) electrons. The Labute approximate surface area is 280 Å². The summed E-state index contributed by atoms with van der Waals surface area (Å²) >= 11 is 3.80. The van der Waals surface area contributed by atoms with E-state index in [0.29, 0.717) is 26.0 Å². The van der Waals surface area contributed by atoms with E-state index >= 15 is 0 Å². The van der Waals surface area contributed by atoms with Gasteiger partial charge in [0.25, 0.3) is 0 Å². The molecule has 0 spiro atoms. The van der Waals surface area contributed by atoms with Gasteiger partial charge in [0, 0.05) is 47.8 Å². The number of rotatable bonds is 6. The van der Waals surface area contributed by atoms with Crippen LogP contribution in [-0.2, 0) is 22.7 Å². The Morgan fingerprint density at radius 2 is 1.35 bits per heavy atom. The molecule has 5 heteroatoms. The van der Waals surface area contributed by atoms with Crippen LogP contribution < -0.4 is 4.74 Å². The molecule has 234 valence electrons. The highest BCUT2D eigenvalue weighted by Gasteiger charge is 2.49. The van der Waals surface area contributed by atoms with Crippen LogP contribution in [0.15, 0.2) is 118 Å². The maximum absolute atomic E-state index is 14.2. The molecule has 1 heterocycles. The van der Waals surface area contributed by atoms with Crippen LogP contribution in [0.5, 0.6) is 5.75 Å². The molecule has 1 aliphatic heterocycles. The molecule has 0 atom stereocenters. The van der Waals surface area contributed by atoms with Gasteiger partial charge in [-0.15, -0.1) is 0 Å². The van der Waals surface area contributed by atoms with E-state index in [9.17, 15) is 9.59 Å². The lowest BCUT2D eigenvalue weighted by Gasteiger charge is -2.49. The number of hydrogen-bond acceptors (Lipinski definition) is 4. The van der Waals surface area contributed by atoms with E-state index in [1.54, 1.807) is 0 Å². The van der Waals surface area contributed by atoms with Crippen LogP contribution in [0, 0.1) is 10.8 Å². The normalized spacial score (nSPS) is 19.4. The molecule has 3 aliphatic rings. The van der Waals surface area contributed by atoms with Crippen molar-refractivity contribution in [3.05, 3.63) is 135 Å². The maximum Gasteiger partial charge on any atom is 0.162 e. The van der Waals surface area contributed by atoms with Crippen LogP contribution in [0.1, 0.15) is 76.0 Å². The standard InChI is InChI=1S/C41H40BrNO3/c1-40(2)20-32-38(34(44)22-40)37(39-33(21-41(3,4)23-35(39)45)43(32)24-26-11-6-5-7-12-26)28-17-18-36(31(42)19-28)46-25-29-15-10-14-27-13-8-9-16-30(27)29/h5-19,37H,20-25H2,1-4H3. The molecule has 0 N–H and O–H groups in total. The third-order valence-electron chi connectivity index (χ3n) is 9.76. The highest BCUT2D eigenvalue weighted by molar-refractivity contribution is 9.10. The quantitative estimate of drug-likeness (QED) is 0.204. The minimum absolute atomic E-state index is 0.144. The molecule has 0 bridgehead atoms. The minimum atomic E-state index is -0.396. The zero-order valence-electron chi connectivity index (χ0n) is 27.0. The molecular weight excluding hydrogens is 634 g/mol. The first-order chi connectivity index (χ1) is 22.0. The molecule has 2 aliphatic carbocycles. The smallest absolute Gasteiger partial charge is 0.162 e. The summed E-state index contributed by atoms with van der Waals surface area (Å²) in [5.74, 6) is 0.623. The number of ketones is 2. The Kier molecular flexibility index (Phi) is 7.79. The summed E-state index contributed by atoms with van der Waals surface area (Å²) in [5, 5.41) is 2.36. The van der Waals surface area contributed by atoms with Gasteiger partial charge in [-0.25, -0.2) is 0 Å². The van der Waals surface area contributed by atoms with E-state index in [4.69, 9.17) is 4.74 Å². The van der Waals surface area contributed by atoms with Gasteiger partial charge >= 0.3 is 0 Å². The van der Waals surface area contributed by atoms with Crippen molar-refractivity contribution in [1.29, 1.82) is 0 Å². The first-order valence-corrected chi connectivity index (χ1v) is 17.0. The summed E-state index contributed by atoms with van der Waals surface area (Å²) in [6, 6.07) is 31.1. The van der Waals surface area contributed by atoms with E-state index in [2.05, 4.69) is 121 Å². The zero-order valence-corrected chi connectivity index (χ0v) is 28.6. The predicted molar refractivity (Wildman–Crippen MR) is 187 cm³/mol. The highest BCUT2D eigenvalue weighted by Crippen LogP contribution is 2.55. The molecule has 0 amide bonds. The topological polar surface area (TPSA) is 46.6 Å². The van der Waals surface area contributed by atoms with E-state index < -0.39 is 5.92 Å². The van der Waals surface area contributed by atoms with Gasteiger partial charge in [-0.1, -0.05) is 107 Å². The van der Waals surface area contributed by atoms with Gasteiger partial charge in [0.15, 0.2) is 11.6 Å². The molecule has 4 nitrogen and oxygen atoms in total. The highest BCUT2D eigenvalue weighted by atomic mass is 79.9. The minimum Gasteiger partial charge on any atom is -0.488 e. The van der Waals surface area contributed by atoms with Gasteiger partial charge in [-0.05, 0) is 79.2 Å². The Hall–Kier alpha value is -3.96. The zero-order chi connectivity index (χ0) is 32.2. The molecule has 0 saturated carbocycles. The van der Waals surface area contributed by atoms with E-state index in [1.807, 2.05) is 18.2 Å². The van der Waals surface area contributed by atoms with Gasteiger partial charge in [0.1, 0.15) is 12.4 Å². The average molecular weight is 675 g/mol. The summed E-state index contributed by atoms with van der Waals surface area (Å²) in [6.45, 7) is 9.81. The van der Waals surface area contributed by atoms with E-state index in [1.165, 1.54) is 16.3 Å². The fourth-order valence-corrected chi connectivity index (χ4v) is 8.24. The average Bonchev–Trinajstić information content (AvgIpc) is 3.00. The number of halogens is 1. The Bertz CT molecular complexity index is 1870. The van der Waals surface area contributed by atoms with Crippen molar-refractivity contribution in [1.82, 2.24) is 4.90 Å². The number of allylic oxidation sites excluding steroid dienone is 4. The Morgan fingerprint density at radius 1 is 0.739 bits per heavy atom. The van der Waals surface area contributed by atoms with Crippen LogP contribution >= 0.6 is 15.9 Å². The van der Waals surface area contributed by atoms with Gasteiger partial charge < -0.3 is 9.64 Å². The number of benzene rings is 4. The summed E-state index contributed by atoms with van der Waals surface area (Å²) in [7, 11) is 0. The lowest BCUT2D eigenvalue weighted by molar-refractivity contribution is -0.119. The van der Waals surface area contributed by atoms with Gasteiger partial charge in [0.05, 0.1) is 4.47 Å². The lowest BCUT2D eigenvalue weighted by Crippen LogP contribution is -2.44. The number of ether oxygens (including phenoxy) is 1. The number of fused-ring (bicyclic) bond motifs is 1. The second-order valence-electron chi connectivity index (χ2n) is 14.7. The largest absolute Gasteiger partial charge is 0.488 e. The summed E-state index contributed by atoms with van der Waals surface area (Å²) in [5.41, 5.74) is 6.64. The third kappa shape index (κ3) is 5.75. The second-order valence-corrected chi connectivity index (χ2v) is 15.6. The Morgan fingerprint density at radius 3 is 2.00 bits per heavy atom. The number of carbonyl (C=O) groups excluding carboxylic acids is 2. The van der Waals surface area contributed by atoms with Crippen LogP contribution in [0.3, 0.4) is 0 Å². The first kappa shape index (κ1) is 30.7. The van der Waals surface area contributed by atoms with Crippen LogP contribution in [-0.4, -0.2) is 16.5 Å². The molecule has 0 fully saturated rings. The van der Waals surface area contributed by atoms with Crippen LogP contribution in [0.2, 0.25) is 0 Å². The lowest BCUT2D eigenvalue weighted by atomic mass is 9.63. The van der Waals surface area contributed by atoms with Crippen molar-refractivity contribution in [3.63, 3.8) is 0 Å². The summed E-state index contributed by atoms with van der Waals surface area (Å²) in [4.78, 5) is 30.7. The van der Waals surface area contributed by atoms with Crippen molar-refractivity contribution in [2.75, 3.05) is 0 Å². The van der Waals surface area contributed by atoms with Gasteiger partial charge in [-0.3, -0.25) is 9.59 Å². The molecule has 0 saturated heterocycles. The third-order valence-corrected chi connectivity index (χ3v) is 10.4. The molecule has 0 aromatic heterocycles. The monoisotopic (exact) mass is 673 g/mol. The first-order valence-electron chi connectivity index (χ1n) is 16.2. The summed E-state index contributed by atoms with van der Waals surface area (Å²) in [6.07, 6.45) is 2.51. The second kappa shape index (κ2) is 11.7. The van der Waals surface area contributed by atoms with Crippen LogP contribution in [0.4, 0.5) is 0 Å². The molecule has 0 unspecified atom stereocenters. The van der Waals surface area contributed by atoms with Crippen molar-refractivity contribution in [3.8, 4) is 5.75 Å². The van der Waals surface area contributed by atoms with E-state index in [-0.39, 0.29) is 22.4 Å². The number of hydrogen-bond donors (Lipinski definition) is 0. The van der Waals surface area contributed by atoms with Crippen molar-refractivity contribution < 1.29 is 14.3 Å². The number of Topliss-reactive ketones (excluding diaryl/α,β-unsaturated/α-hetero) is 2.